The summed E-state index contributed by atoms with van der Waals surface area (Å²) in [6.45, 7) is 4.06. The Morgan fingerprint density at radius 3 is 2.69 bits per heavy atom. The Hall–Kier alpha value is -3.37. The van der Waals surface area contributed by atoms with Crippen molar-refractivity contribution in [1.82, 2.24) is 14.9 Å². The zero-order valence-corrected chi connectivity index (χ0v) is 21.9. The lowest BCUT2D eigenvalue weighted by atomic mass is 10.1. The Morgan fingerprint density at radius 1 is 1.25 bits per heavy atom. The minimum absolute atomic E-state index is 0.283. The molecule has 0 fully saturated rings. The van der Waals surface area contributed by atoms with E-state index in [2.05, 4.69) is 5.32 Å². The van der Waals surface area contributed by atoms with Gasteiger partial charge in [0.1, 0.15) is 23.4 Å². The average Bonchev–Trinajstić information content (AvgIpc) is 3.43. The highest BCUT2D eigenvalue weighted by Gasteiger charge is 2.21. The number of methoxy groups -OCH3 is 1. The van der Waals surface area contributed by atoms with E-state index in [0.29, 0.717) is 47.8 Å². The number of amides is 2. The molecule has 3 rings (SSSR count). The molecule has 1 atom stereocenters. The van der Waals surface area contributed by atoms with Crippen molar-refractivity contribution in [3.8, 4) is 17.1 Å². The lowest BCUT2D eigenvalue weighted by Gasteiger charge is -2.16. The zero-order chi connectivity index (χ0) is 26.2. The van der Waals surface area contributed by atoms with Gasteiger partial charge in [-0.25, -0.2) is 9.78 Å². The number of ether oxygens (including phenoxy) is 2. The van der Waals surface area contributed by atoms with Crippen molar-refractivity contribution in [2.45, 2.75) is 52.3 Å². The first-order chi connectivity index (χ1) is 17.2. The standard InChI is InChI=1S/C25H29ClN4O5S/c1-15-19(24(27)32)12-22(30(15)10-5-4-9-20(25(33)34-3)28-16(2)31)21-14-36-23(29-21)13-35-18-8-6-7-17(26)11-18/h6-8,11-12,14,20H,4-5,9-10,13H2,1-3H3,(H2,27,32)(H,28,31). The van der Waals surface area contributed by atoms with Crippen molar-refractivity contribution in [1.29, 1.82) is 0 Å². The predicted molar refractivity (Wildman–Crippen MR) is 138 cm³/mol. The molecule has 2 amide bonds. The smallest absolute Gasteiger partial charge is 0.328 e. The normalized spacial score (nSPS) is 11.7. The van der Waals surface area contributed by atoms with Gasteiger partial charge in [0, 0.05) is 29.6 Å². The summed E-state index contributed by atoms with van der Waals surface area (Å²) in [5.41, 5.74) is 8.27. The van der Waals surface area contributed by atoms with Crippen molar-refractivity contribution in [2.24, 2.45) is 5.73 Å². The molecule has 0 aliphatic heterocycles. The summed E-state index contributed by atoms with van der Waals surface area (Å²) in [5.74, 6) is -0.629. The first-order valence-electron chi connectivity index (χ1n) is 11.4. The molecule has 0 bridgehead atoms. The molecule has 36 heavy (non-hydrogen) atoms. The molecule has 0 radical (unpaired) electrons. The number of benzene rings is 1. The van der Waals surface area contributed by atoms with Crippen LogP contribution in [0.15, 0.2) is 35.7 Å². The van der Waals surface area contributed by atoms with Crippen LogP contribution in [-0.2, 0) is 27.5 Å². The third-order valence-corrected chi connectivity index (χ3v) is 6.65. The molecule has 2 heterocycles. The average molecular weight is 533 g/mol. The first-order valence-corrected chi connectivity index (χ1v) is 12.6. The molecule has 11 heteroatoms. The van der Waals surface area contributed by atoms with Crippen molar-refractivity contribution >= 4 is 40.7 Å². The van der Waals surface area contributed by atoms with Gasteiger partial charge in [-0.2, -0.15) is 0 Å². The summed E-state index contributed by atoms with van der Waals surface area (Å²) < 4.78 is 12.6. The zero-order valence-electron chi connectivity index (χ0n) is 20.4. The van der Waals surface area contributed by atoms with Gasteiger partial charge >= 0.3 is 5.97 Å². The molecule has 192 valence electrons. The van der Waals surface area contributed by atoms with Crippen LogP contribution < -0.4 is 15.8 Å². The second-order valence-corrected chi connectivity index (χ2v) is 9.57. The maximum Gasteiger partial charge on any atom is 0.328 e. The van der Waals surface area contributed by atoms with Gasteiger partial charge in [-0.1, -0.05) is 17.7 Å². The topological polar surface area (TPSA) is 126 Å². The molecule has 1 unspecified atom stereocenters. The van der Waals surface area contributed by atoms with Crippen molar-refractivity contribution in [3.63, 3.8) is 0 Å². The monoisotopic (exact) mass is 532 g/mol. The van der Waals surface area contributed by atoms with Crippen LogP contribution in [0, 0.1) is 6.92 Å². The molecule has 9 nitrogen and oxygen atoms in total. The fourth-order valence-electron chi connectivity index (χ4n) is 3.85. The molecule has 0 saturated heterocycles. The minimum Gasteiger partial charge on any atom is -0.486 e. The van der Waals surface area contributed by atoms with E-state index < -0.39 is 17.9 Å². The molecule has 3 N–H and O–H groups in total. The van der Waals surface area contributed by atoms with E-state index >= 15 is 0 Å². The predicted octanol–water partition coefficient (Wildman–Crippen LogP) is 4.10. The summed E-state index contributed by atoms with van der Waals surface area (Å²) >= 11 is 7.46. The number of halogens is 1. The second kappa shape index (κ2) is 12.5. The summed E-state index contributed by atoms with van der Waals surface area (Å²) in [5, 5.41) is 5.89. The number of esters is 1. The largest absolute Gasteiger partial charge is 0.486 e. The Morgan fingerprint density at radius 2 is 2.03 bits per heavy atom. The number of unbranched alkanes of at least 4 members (excludes halogenated alkanes) is 1. The number of primary amides is 1. The number of thiazole rings is 1. The van der Waals surface area contributed by atoms with E-state index in [4.69, 9.17) is 31.8 Å². The maximum absolute atomic E-state index is 12.0. The minimum atomic E-state index is -0.695. The van der Waals surface area contributed by atoms with E-state index in [-0.39, 0.29) is 12.5 Å². The Labute approximate surface area is 218 Å². The van der Waals surface area contributed by atoms with Crippen LogP contribution in [0.5, 0.6) is 5.75 Å². The van der Waals surface area contributed by atoms with Crippen LogP contribution in [0.25, 0.3) is 11.4 Å². The lowest BCUT2D eigenvalue weighted by molar-refractivity contribution is -0.145. The summed E-state index contributed by atoms with van der Waals surface area (Å²) in [6, 6.07) is 8.21. The van der Waals surface area contributed by atoms with Crippen LogP contribution in [0.2, 0.25) is 5.02 Å². The first kappa shape index (κ1) is 27.2. The molecule has 1 aromatic carbocycles. The molecule has 0 spiro atoms. The third-order valence-electron chi connectivity index (χ3n) is 5.59. The van der Waals surface area contributed by atoms with Crippen LogP contribution in [0.1, 0.15) is 47.2 Å². The quantitative estimate of drug-likeness (QED) is 0.267. The highest BCUT2D eigenvalue weighted by atomic mass is 35.5. The van der Waals surface area contributed by atoms with E-state index in [1.807, 2.05) is 29.0 Å². The van der Waals surface area contributed by atoms with Crippen molar-refractivity contribution in [2.75, 3.05) is 7.11 Å². The number of aromatic nitrogens is 2. The highest BCUT2D eigenvalue weighted by Crippen LogP contribution is 2.29. The molecular weight excluding hydrogens is 504 g/mol. The molecule has 2 aromatic heterocycles. The maximum atomic E-state index is 12.0. The van der Waals surface area contributed by atoms with Gasteiger partial charge in [0.25, 0.3) is 5.91 Å². The summed E-state index contributed by atoms with van der Waals surface area (Å²) in [4.78, 5) is 40.0. The second-order valence-electron chi connectivity index (χ2n) is 8.19. The van der Waals surface area contributed by atoms with E-state index in [1.165, 1.54) is 25.4 Å². The number of nitrogens with one attached hydrogen (secondary N) is 1. The van der Waals surface area contributed by atoms with Gasteiger partial charge in [-0.15, -0.1) is 11.3 Å². The van der Waals surface area contributed by atoms with Crippen LogP contribution in [0.4, 0.5) is 0 Å². The Bertz CT molecular complexity index is 1240. The van der Waals surface area contributed by atoms with Crippen LogP contribution >= 0.6 is 22.9 Å². The van der Waals surface area contributed by atoms with Crippen molar-refractivity contribution in [3.05, 3.63) is 57.0 Å². The number of nitrogens with zero attached hydrogens (tertiary/aromatic N) is 2. The molecule has 0 aliphatic carbocycles. The van der Waals surface area contributed by atoms with Crippen molar-refractivity contribution < 1.29 is 23.9 Å². The van der Waals surface area contributed by atoms with E-state index in [1.54, 1.807) is 18.2 Å². The fraction of sp³-hybridized carbons (Fsp3) is 0.360. The van der Waals surface area contributed by atoms with E-state index in [9.17, 15) is 14.4 Å². The molecule has 0 saturated carbocycles. The number of carbonyl (C=O) groups is 3. The van der Waals surface area contributed by atoms with Crippen LogP contribution in [-0.4, -0.2) is 40.5 Å². The number of rotatable bonds is 12. The van der Waals surface area contributed by atoms with E-state index in [0.717, 1.165) is 16.4 Å². The van der Waals surface area contributed by atoms with Gasteiger partial charge < -0.3 is 25.1 Å². The third kappa shape index (κ3) is 7.08. The van der Waals surface area contributed by atoms with Gasteiger partial charge in [-0.05, 0) is 50.5 Å². The number of carbonyl (C=O) groups excluding carboxylic acids is 3. The summed E-state index contributed by atoms with van der Waals surface area (Å²) in [7, 11) is 1.29. The van der Waals surface area contributed by atoms with Gasteiger partial charge in [0.2, 0.25) is 5.91 Å². The molecule has 3 aromatic rings. The van der Waals surface area contributed by atoms with Gasteiger partial charge in [0.05, 0.1) is 24.1 Å². The Balaban J connectivity index is 1.71. The number of nitrogens with two attached hydrogens (primary N) is 1. The number of hydrogen-bond acceptors (Lipinski definition) is 7. The van der Waals surface area contributed by atoms with Crippen LogP contribution in [0.3, 0.4) is 0 Å². The van der Waals surface area contributed by atoms with Gasteiger partial charge in [-0.3, -0.25) is 9.59 Å². The lowest BCUT2D eigenvalue weighted by Crippen LogP contribution is -2.40. The highest BCUT2D eigenvalue weighted by molar-refractivity contribution is 7.09. The molecular formula is C25H29ClN4O5S. The fourth-order valence-corrected chi connectivity index (χ4v) is 4.73. The SMILES string of the molecule is COC(=O)C(CCCCn1c(-c2csc(COc3cccc(Cl)c3)n2)cc(C(N)=O)c1C)NC(C)=O. The molecule has 0 aliphatic rings. The van der Waals surface area contributed by atoms with Gasteiger partial charge in [0.15, 0.2) is 0 Å². The number of hydrogen-bond donors (Lipinski definition) is 2. The summed E-state index contributed by atoms with van der Waals surface area (Å²) in [6.07, 6.45) is 1.79. The Kier molecular flexibility index (Phi) is 9.49.